The smallest absolute Gasteiger partial charge is 0.294 e. The van der Waals surface area contributed by atoms with Gasteiger partial charge in [-0.25, -0.2) is 0 Å². The van der Waals surface area contributed by atoms with Crippen molar-refractivity contribution in [1.82, 2.24) is 9.97 Å². The molecule has 5 heteroatoms. The predicted octanol–water partition coefficient (Wildman–Crippen LogP) is 3.70. The molecule has 0 aliphatic rings. The van der Waals surface area contributed by atoms with E-state index in [1.807, 2.05) is 13.0 Å². The van der Waals surface area contributed by atoms with Crippen molar-refractivity contribution in [2.45, 2.75) is 6.92 Å². The van der Waals surface area contributed by atoms with Crippen LogP contribution in [0.5, 0.6) is 6.01 Å². The SMILES string of the molecule is COc1nc(-c2ccc(Cl)cc2Cl)c(C)[nH]1. The molecule has 0 aliphatic heterocycles. The molecule has 0 radical (unpaired) electrons. The van der Waals surface area contributed by atoms with Gasteiger partial charge in [0.15, 0.2) is 0 Å². The highest BCUT2D eigenvalue weighted by Crippen LogP contribution is 2.31. The van der Waals surface area contributed by atoms with Crippen molar-refractivity contribution in [2.75, 3.05) is 7.11 Å². The van der Waals surface area contributed by atoms with Crippen molar-refractivity contribution in [2.24, 2.45) is 0 Å². The Balaban J connectivity index is 2.53. The van der Waals surface area contributed by atoms with E-state index in [1.54, 1.807) is 19.2 Å². The van der Waals surface area contributed by atoms with Crippen LogP contribution in [-0.4, -0.2) is 17.1 Å². The second-order valence-corrected chi connectivity index (χ2v) is 4.19. The third-order valence-electron chi connectivity index (χ3n) is 2.24. The van der Waals surface area contributed by atoms with Gasteiger partial charge in [0.05, 0.1) is 17.8 Å². The van der Waals surface area contributed by atoms with E-state index in [4.69, 9.17) is 27.9 Å². The minimum atomic E-state index is 0.471. The van der Waals surface area contributed by atoms with E-state index >= 15 is 0 Å². The van der Waals surface area contributed by atoms with Gasteiger partial charge < -0.3 is 9.72 Å². The summed E-state index contributed by atoms with van der Waals surface area (Å²) in [6.07, 6.45) is 0. The van der Waals surface area contributed by atoms with Crippen molar-refractivity contribution in [3.63, 3.8) is 0 Å². The first-order chi connectivity index (χ1) is 7.61. The number of imidazole rings is 1. The Morgan fingerprint density at radius 3 is 2.62 bits per heavy atom. The molecule has 0 unspecified atom stereocenters. The zero-order valence-electron chi connectivity index (χ0n) is 8.84. The number of aromatic nitrogens is 2. The van der Waals surface area contributed by atoms with Crippen LogP contribution in [0, 0.1) is 6.92 Å². The molecule has 1 heterocycles. The monoisotopic (exact) mass is 256 g/mol. The summed E-state index contributed by atoms with van der Waals surface area (Å²) >= 11 is 11.9. The molecule has 16 heavy (non-hydrogen) atoms. The highest BCUT2D eigenvalue weighted by atomic mass is 35.5. The number of nitrogens with one attached hydrogen (secondary N) is 1. The van der Waals surface area contributed by atoms with E-state index in [0.717, 1.165) is 17.0 Å². The van der Waals surface area contributed by atoms with E-state index in [9.17, 15) is 0 Å². The van der Waals surface area contributed by atoms with Crippen LogP contribution >= 0.6 is 23.2 Å². The molecule has 1 N–H and O–H groups in total. The third kappa shape index (κ3) is 2.01. The van der Waals surface area contributed by atoms with Gasteiger partial charge in [-0.1, -0.05) is 23.2 Å². The van der Waals surface area contributed by atoms with E-state index < -0.39 is 0 Å². The summed E-state index contributed by atoms with van der Waals surface area (Å²) in [5, 5.41) is 1.18. The lowest BCUT2D eigenvalue weighted by atomic mass is 10.1. The van der Waals surface area contributed by atoms with Crippen LogP contribution in [0.1, 0.15) is 5.69 Å². The quantitative estimate of drug-likeness (QED) is 0.890. The number of halogens is 2. The number of nitrogens with zero attached hydrogens (tertiary/aromatic N) is 1. The van der Waals surface area contributed by atoms with Gasteiger partial charge in [0.2, 0.25) is 0 Å². The van der Waals surface area contributed by atoms with Crippen molar-refractivity contribution in [3.05, 3.63) is 33.9 Å². The molecule has 1 aromatic carbocycles. The van der Waals surface area contributed by atoms with Crippen molar-refractivity contribution in [3.8, 4) is 17.3 Å². The van der Waals surface area contributed by atoms with Gasteiger partial charge in [0.1, 0.15) is 0 Å². The number of aryl methyl sites for hydroxylation is 1. The summed E-state index contributed by atoms with van der Waals surface area (Å²) in [5.74, 6) is 0. The standard InChI is InChI=1S/C11H10Cl2N2O/c1-6-10(15-11(14-6)16-2)8-4-3-7(12)5-9(8)13/h3-5H,1-2H3,(H,14,15). The second-order valence-electron chi connectivity index (χ2n) is 3.34. The minimum absolute atomic E-state index is 0.471. The van der Waals surface area contributed by atoms with Gasteiger partial charge in [0.25, 0.3) is 6.01 Å². The Bertz CT molecular complexity index is 523. The van der Waals surface area contributed by atoms with Crippen LogP contribution in [0.2, 0.25) is 10.0 Å². The first-order valence-electron chi connectivity index (χ1n) is 4.68. The maximum Gasteiger partial charge on any atom is 0.294 e. The van der Waals surface area contributed by atoms with Crippen LogP contribution in [0.15, 0.2) is 18.2 Å². The van der Waals surface area contributed by atoms with Crippen LogP contribution in [0.3, 0.4) is 0 Å². The average Bonchev–Trinajstić information content (AvgIpc) is 2.60. The Hall–Kier alpha value is -1.19. The third-order valence-corrected chi connectivity index (χ3v) is 2.79. The summed E-state index contributed by atoms with van der Waals surface area (Å²) in [6.45, 7) is 1.91. The van der Waals surface area contributed by atoms with Gasteiger partial charge in [0, 0.05) is 16.3 Å². The Labute approximate surface area is 103 Å². The second kappa shape index (κ2) is 4.36. The van der Waals surface area contributed by atoms with Crippen molar-refractivity contribution in [1.29, 1.82) is 0 Å². The lowest BCUT2D eigenvalue weighted by molar-refractivity contribution is 0.384. The van der Waals surface area contributed by atoms with Crippen LogP contribution < -0.4 is 4.74 Å². The van der Waals surface area contributed by atoms with Gasteiger partial charge in [-0.3, -0.25) is 0 Å². The zero-order valence-corrected chi connectivity index (χ0v) is 10.4. The fourth-order valence-electron chi connectivity index (χ4n) is 1.47. The number of rotatable bonds is 2. The summed E-state index contributed by atoms with van der Waals surface area (Å²) in [4.78, 5) is 7.29. The summed E-state index contributed by atoms with van der Waals surface area (Å²) < 4.78 is 5.02. The van der Waals surface area contributed by atoms with Gasteiger partial charge in [-0.2, -0.15) is 4.98 Å². The molecule has 2 aromatic rings. The molecule has 0 fully saturated rings. The van der Waals surface area contributed by atoms with Crippen molar-refractivity contribution >= 4 is 23.2 Å². The van der Waals surface area contributed by atoms with Crippen LogP contribution in [0.4, 0.5) is 0 Å². The minimum Gasteiger partial charge on any atom is -0.468 e. The molecular formula is C11H10Cl2N2O. The largest absolute Gasteiger partial charge is 0.468 e. The molecule has 2 rings (SSSR count). The van der Waals surface area contributed by atoms with Crippen LogP contribution in [0.25, 0.3) is 11.3 Å². The molecule has 0 bridgehead atoms. The first kappa shape index (κ1) is 11.3. The molecule has 84 valence electrons. The fraction of sp³-hybridized carbons (Fsp3) is 0.182. The van der Waals surface area contributed by atoms with E-state index in [2.05, 4.69) is 9.97 Å². The van der Waals surface area contributed by atoms with E-state index in [-0.39, 0.29) is 0 Å². The highest BCUT2D eigenvalue weighted by molar-refractivity contribution is 6.36. The zero-order chi connectivity index (χ0) is 11.7. The van der Waals surface area contributed by atoms with Gasteiger partial charge in [-0.15, -0.1) is 0 Å². The lowest BCUT2D eigenvalue weighted by Gasteiger charge is -2.02. The Morgan fingerprint density at radius 2 is 2.06 bits per heavy atom. The number of hydrogen-bond acceptors (Lipinski definition) is 2. The van der Waals surface area contributed by atoms with E-state index in [1.165, 1.54) is 0 Å². The van der Waals surface area contributed by atoms with Crippen LogP contribution in [-0.2, 0) is 0 Å². The molecule has 0 saturated carbocycles. The molecular weight excluding hydrogens is 247 g/mol. The fourth-order valence-corrected chi connectivity index (χ4v) is 1.97. The Morgan fingerprint density at radius 1 is 1.31 bits per heavy atom. The lowest BCUT2D eigenvalue weighted by Crippen LogP contribution is -1.84. The maximum atomic E-state index is 6.11. The van der Waals surface area contributed by atoms with Gasteiger partial charge in [-0.05, 0) is 25.1 Å². The molecule has 0 spiro atoms. The first-order valence-corrected chi connectivity index (χ1v) is 5.43. The maximum absolute atomic E-state index is 6.11. The predicted molar refractivity (Wildman–Crippen MR) is 65.3 cm³/mol. The molecule has 0 amide bonds. The van der Waals surface area contributed by atoms with E-state index in [0.29, 0.717) is 16.1 Å². The number of methoxy groups -OCH3 is 1. The summed E-state index contributed by atoms with van der Waals surface area (Å²) in [5.41, 5.74) is 2.52. The Kier molecular flexibility index (Phi) is 3.08. The number of aromatic amines is 1. The van der Waals surface area contributed by atoms with Gasteiger partial charge >= 0.3 is 0 Å². The topological polar surface area (TPSA) is 37.9 Å². The number of ether oxygens (including phenoxy) is 1. The molecule has 1 aromatic heterocycles. The number of H-pyrrole nitrogens is 1. The number of hydrogen-bond donors (Lipinski definition) is 1. The normalized spacial score (nSPS) is 10.5. The molecule has 3 nitrogen and oxygen atoms in total. The summed E-state index contributed by atoms with van der Waals surface area (Å²) in [7, 11) is 1.56. The molecule has 0 aliphatic carbocycles. The average molecular weight is 257 g/mol. The van der Waals surface area contributed by atoms with Crippen molar-refractivity contribution < 1.29 is 4.74 Å². The molecule has 0 saturated heterocycles. The molecule has 0 atom stereocenters. The number of benzene rings is 1. The highest BCUT2D eigenvalue weighted by Gasteiger charge is 2.12. The summed E-state index contributed by atoms with van der Waals surface area (Å²) in [6, 6.07) is 5.79.